The van der Waals surface area contributed by atoms with Crippen LogP contribution in [0.3, 0.4) is 0 Å². The summed E-state index contributed by atoms with van der Waals surface area (Å²) in [6, 6.07) is 3.97. The molecule has 112 valence electrons. The number of ether oxygens (including phenoxy) is 2. The molecule has 2 aromatic rings. The van der Waals surface area contributed by atoms with Crippen LogP contribution >= 0.6 is 0 Å². The molecule has 1 aromatic heterocycles. The van der Waals surface area contributed by atoms with E-state index in [4.69, 9.17) is 14.5 Å². The number of nitrogens with one attached hydrogen (secondary N) is 1. The van der Waals surface area contributed by atoms with E-state index in [-0.39, 0.29) is 0 Å². The Bertz CT molecular complexity index is 601. The second-order valence-electron chi connectivity index (χ2n) is 6.16. The summed E-state index contributed by atoms with van der Waals surface area (Å²) in [6.45, 7) is 6.80. The van der Waals surface area contributed by atoms with E-state index in [1.54, 1.807) is 0 Å². The fourth-order valence-corrected chi connectivity index (χ4v) is 3.11. The maximum atomic E-state index is 5.62. The molecule has 1 saturated heterocycles. The number of hydrogen-bond acceptors (Lipinski definition) is 4. The zero-order valence-corrected chi connectivity index (χ0v) is 12.4. The number of rotatable bonds is 2. The lowest BCUT2D eigenvalue weighted by Gasteiger charge is -2.29. The van der Waals surface area contributed by atoms with Gasteiger partial charge in [0.05, 0.1) is 17.6 Å². The molecule has 0 unspecified atom stereocenters. The zero-order valence-electron chi connectivity index (χ0n) is 12.4. The van der Waals surface area contributed by atoms with Crippen molar-refractivity contribution in [1.82, 2.24) is 14.9 Å². The Morgan fingerprint density at radius 2 is 1.90 bits per heavy atom. The first-order valence-electron chi connectivity index (χ1n) is 7.78. The molecule has 21 heavy (non-hydrogen) atoms. The summed E-state index contributed by atoms with van der Waals surface area (Å²) < 4.78 is 11.2. The molecule has 4 rings (SSSR count). The standard InChI is InChI=1S/C16H21N3O2/c1-11-2-4-19(5-3-11)10-16-17-12-8-14-15(9-13(12)18-16)21-7-6-20-14/h8-9,11H,2-7,10H2,1H3,(H,17,18). The van der Waals surface area contributed by atoms with Gasteiger partial charge in [-0.05, 0) is 31.8 Å². The molecule has 2 aliphatic rings. The van der Waals surface area contributed by atoms with Crippen molar-refractivity contribution < 1.29 is 9.47 Å². The van der Waals surface area contributed by atoms with Crippen molar-refractivity contribution >= 4 is 11.0 Å². The van der Waals surface area contributed by atoms with E-state index < -0.39 is 0 Å². The second kappa shape index (κ2) is 5.22. The molecular weight excluding hydrogens is 266 g/mol. The fourth-order valence-electron chi connectivity index (χ4n) is 3.11. The topological polar surface area (TPSA) is 50.4 Å². The number of aromatic amines is 1. The number of nitrogens with zero attached hydrogens (tertiary/aromatic N) is 2. The van der Waals surface area contributed by atoms with E-state index in [2.05, 4.69) is 16.8 Å². The van der Waals surface area contributed by atoms with Crippen LogP contribution in [0.2, 0.25) is 0 Å². The van der Waals surface area contributed by atoms with E-state index in [1.165, 1.54) is 25.9 Å². The average molecular weight is 287 g/mol. The lowest BCUT2D eigenvalue weighted by molar-refractivity contribution is 0.172. The van der Waals surface area contributed by atoms with E-state index >= 15 is 0 Å². The van der Waals surface area contributed by atoms with Gasteiger partial charge in [-0.3, -0.25) is 4.90 Å². The number of benzene rings is 1. The van der Waals surface area contributed by atoms with Crippen molar-refractivity contribution in [1.29, 1.82) is 0 Å². The van der Waals surface area contributed by atoms with Crippen LogP contribution in [0.1, 0.15) is 25.6 Å². The molecule has 0 saturated carbocycles. The van der Waals surface area contributed by atoms with E-state index in [9.17, 15) is 0 Å². The highest BCUT2D eigenvalue weighted by molar-refractivity contribution is 5.79. The summed E-state index contributed by atoms with van der Waals surface area (Å²) in [4.78, 5) is 10.6. The molecule has 1 fully saturated rings. The van der Waals surface area contributed by atoms with Crippen LogP contribution in [0.25, 0.3) is 11.0 Å². The lowest BCUT2D eigenvalue weighted by atomic mass is 9.99. The van der Waals surface area contributed by atoms with Gasteiger partial charge in [0.1, 0.15) is 19.0 Å². The van der Waals surface area contributed by atoms with Crippen molar-refractivity contribution in [2.45, 2.75) is 26.3 Å². The molecule has 0 spiro atoms. The monoisotopic (exact) mass is 287 g/mol. The Hall–Kier alpha value is -1.75. The SMILES string of the molecule is CC1CCN(Cc2nc3cc4c(cc3[nH]2)OCCO4)CC1. The molecule has 5 heteroatoms. The highest BCUT2D eigenvalue weighted by atomic mass is 16.6. The molecule has 3 heterocycles. The van der Waals surface area contributed by atoms with Crippen LogP contribution in [0.15, 0.2) is 12.1 Å². The maximum Gasteiger partial charge on any atom is 0.163 e. The van der Waals surface area contributed by atoms with Crippen LogP contribution in [0.5, 0.6) is 11.5 Å². The Morgan fingerprint density at radius 3 is 2.67 bits per heavy atom. The molecule has 0 radical (unpaired) electrons. The highest BCUT2D eigenvalue weighted by Crippen LogP contribution is 2.33. The highest BCUT2D eigenvalue weighted by Gasteiger charge is 2.18. The first-order chi connectivity index (χ1) is 10.3. The summed E-state index contributed by atoms with van der Waals surface area (Å²) in [5.41, 5.74) is 1.99. The van der Waals surface area contributed by atoms with Gasteiger partial charge in [-0.15, -0.1) is 0 Å². The molecule has 0 aliphatic carbocycles. The number of fused-ring (bicyclic) bond motifs is 2. The number of imidazole rings is 1. The van der Waals surface area contributed by atoms with Crippen molar-refractivity contribution in [3.63, 3.8) is 0 Å². The normalized spacial score (nSPS) is 20.0. The van der Waals surface area contributed by atoms with Gasteiger partial charge in [-0.2, -0.15) is 0 Å². The second-order valence-corrected chi connectivity index (χ2v) is 6.16. The van der Waals surface area contributed by atoms with Gasteiger partial charge in [0.15, 0.2) is 11.5 Å². The fraction of sp³-hybridized carbons (Fsp3) is 0.562. The summed E-state index contributed by atoms with van der Waals surface area (Å²) in [5, 5.41) is 0. The predicted octanol–water partition coefficient (Wildman–Crippen LogP) is 2.57. The number of piperidine rings is 1. The Balaban J connectivity index is 1.56. The third-order valence-electron chi connectivity index (χ3n) is 4.44. The van der Waals surface area contributed by atoms with Crippen LogP contribution in [0, 0.1) is 5.92 Å². The van der Waals surface area contributed by atoms with Gasteiger partial charge in [0.25, 0.3) is 0 Å². The minimum Gasteiger partial charge on any atom is -0.486 e. The number of aromatic nitrogens is 2. The van der Waals surface area contributed by atoms with Crippen LogP contribution in [-0.2, 0) is 6.54 Å². The first-order valence-corrected chi connectivity index (χ1v) is 7.78. The molecule has 5 nitrogen and oxygen atoms in total. The minimum absolute atomic E-state index is 0.613. The van der Waals surface area contributed by atoms with Crippen LogP contribution in [0.4, 0.5) is 0 Å². The van der Waals surface area contributed by atoms with E-state index in [0.29, 0.717) is 13.2 Å². The van der Waals surface area contributed by atoms with Gasteiger partial charge in [0.2, 0.25) is 0 Å². The first kappa shape index (κ1) is 13.0. The van der Waals surface area contributed by atoms with Gasteiger partial charge < -0.3 is 14.5 Å². The molecule has 1 aromatic carbocycles. The van der Waals surface area contributed by atoms with Crippen LogP contribution < -0.4 is 9.47 Å². The molecule has 0 amide bonds. The molecule has 0 bridgehead atoms. The Labute approximate surface area is 124 Å². The molecule has 2 aliphatic heterocycles. The number of likely N-dealkylation sites (tertiary alicyclic amines) is 1. The van der Waals surface area contributed by atoms with Gasteiger partial charge >= 0.3 is 0 Å². The molecular formula is C16H21N3O2. The quantitative estimate of drug-likeness (QED) is 0.922. The largest absolute Gasteiger partial charge is 0.486 e. The van der Waals surface area contributed by atoms with Crippen molar-refractivity contribution in [3.05, 3.63) is 18.0 Å². The molecule has 1 N–H and O–H groups in total. The summed E-state index contributed by atoms with van der Waals surface area (Å²) in [7, 11) is 0. The predicted molar refractivity (Wildman–Crippen MR) is 80.8 cm³/mol. The Morgan fingerprint density at radius 1 is 1.19 bits per heavy atom. The Kier molecular flexibility index (Phi) is 3.22. The third-order valence-corrected chi connectivity index (χ3v) is 4.44. The lowest BCUT2D eigenvalue weighted by Crippen LogP contribution is -2.32. The number of hydrogen-bond donors (Lipinski definition) is 1. The smallest absolute Gasteiger partial charge is 0.163 e. The maximum absolute atomic E-state index is 5.62. The van der Waals surface area contributed by atoms with Gasteiger partial charge in [-0.1, -0.05) is 6.92 Å². The van der Waals surface area contributed by atoms with E-state index in [1.807, 2.05) is 12.1 Å². The zero-order chi connectivity index (χ0) is 14.2. The van der Waals surface area contributed by atoms with Crippen LogP contribution in [-0.4, -0.2) is 41.2 Å². The summed E-state index contributed by atoms with van der Waals surface area (Å²) >= 11 is 0. The van der Waals surface area contributed by atoms with Crippen molar-refractivity contribution in [2.75, 3.05) is 26.3 Å². The average Bonchev–Trinajstić information content (AvgIpc) is 2.88. The van der Waals surface area contributed by atoms with Gasteiger partial charge in [0, 0.05) is 12.1 Å². The summed E-state index contributed by atoms with van der Waals surface area (Å²) in [6.07, 6.45) is 2.58. The summed E-state index contributed by atoms with van der Waals surface area (Å²) in [5.74, 6) is 3.51. The van der Waals surface area contributed by atoms with E-state index in [0.717, 1.165) is 40.8 Å². The minimum atomic E-state index is 0.613. The third kappa shape index (κ3) is 2.58. The van der Waals surface area contributed by atoms with Crippen molar-refractivity contribution in [2.24, 2.45) is 5.92 Å². The van der Waals surface area contributed by atoms with Crippen molar-refractivity contribution in [3.8, 4) is 11.5 Å². The number of H-pyrrole nitrogens is 1. The molecule has 0 atom stereocenters. The van der Waals surface area contributed by atoms with Gasteiger partial charge in [-0.25, -0.2) is 4.98 Å².